The van der Waals surface area contributed by atoms with Crippen molar-refractivity contribution in [2.24, 2.45) is 28.4 Å². The molecule has 0 aliphatic heterocycles. The molecule has 2 rings (SSSR count). The van der Waals surface area contributed by atoms with Gasteiger partial charge in [0.05, 0.1) is 25.0 Å². The van der Waals surface area contributed by atoms with E-state index in [-0.39, 0.29) is 47.9 Å². The molecule has 11 heteroatoms. The van der Waals surface area contributed by atoms with Crippen molar-refractivity contribution in [3.63, 3.8) is 0 Å². The largest absolute Gasteiger partial charge is 0.465 e. The first kappa shape index (κ1) is 28.3. The Kier molecular flexibility index (Phi) is 9.05. The van der Waals surface area contributed by atoms with E-state index >= 15 is 0 Å². The standard InChI is InChI=1S/C24H40N6O5/c1-14(2)16(25)20(32)34-9-8-15(11-35-21(33)24(6,7)12-23(3,4)5)10-30-13-27-17-18(30)28-22(26)29-19(17)31/h13-16H,8-12,25H2,1-7H3,(H3,26,28,29,31)/t15-,16+/m1/s1. The highest BCUT2D eigenvalue weighted by molar-refractivity contribution is 5.76. The van der Waals surface area contributed by atoms with Gasteiger partial charge in [0.15, 0.2) is 11.2 Å². The van der Waals surface area contributed by atoms with Crippen molar-refractivity contribution < 1.29 is 19.1 Å². The zero-order chi connectivity index (χ0) is 26.6. The lowest BCUT2D eigenvalue weighted by molar-refractivity contribution is -0.158. The molecule has 35 heavy (non-hydrogen) atoms. The molecule has 2 aromatic rings. The number of carbonyl (C=O) groups is 2. The number of esters is 2. The Morgan fingerprint density at radius 1 is 1.17 bits per heavy atom. The first-order valence-corrected chi connectivity index (χ1v) is 11.9. The smallest absolute Gasteiger partial charge is 0.323 e. The fraction of sp³-hybridized carbons (Fsp3) is 0.708. The van der Waals surface area contributed by atoms with Crippen molar-refractivity contribution in [1.82, 2.24) is 19.5 Å². The van der Waals surface area contributed by atoms with Gasteiger partial charge in [-0.15, -0.1) is 0 Å². The predicted octanol–water partition coefficient (Wildman–Crippen LogP) is 2.24. The molecule has 2 atom stereocenters. The van der Waals surface area contributed by atoms with Crippen LogP contribution in [0.3, 0.4) is 0 Å². The lowest BCUT2D eigenvalue weighted by Gasteiger charge is -2.31. The van der Waals surface area contributed by atoms with E-state index in [1.807, 2.05) is 27.7 Å². The third-order valence-corrected chi connectivity index (χ3v) is 5.68. The average Bonchev–Trinajstić information content (AvgIpc) is 3.11. The minimum Gasteiger partial charge on any atom is -0.465 e. The molecule has 2 heterocycles. The molecule has 0 fully saturated rings. The van der Waals surface area contributed by atoms with Crippen LogP contribution in [0.2, 0.25) is 0 Å². The lowest BCUT2D eigenvalue weighted by Crippen LogP contribution is -2.37. The monoisotopic (exact) mass is 492 g/mol. The number of carbonyl (C=O) groups excluding carboxylic acids is 2. The van der Waals surface area contributed by atoms with E-state index in [0.717, 1.165) is 0 Å². The average molecular weight is 493 g/mol. The number of nitrogens with one attached hydrogen (secondary N) is 1. The highest BCUT2D eigenvalue weighted by atomic mass is 16.5. The Labute approximate surface area is 206 Å². The van der Waals surface area contributed by atoms with Crippen LogP contribution >= 0.6 is 0 Å². The first-order valence-electron chi connectivity index (χ1n) is 11.9. The third kappa shape index (κ3) is 8.05. The van der Waals surface area contributed by atoms with Crippen LogP contribution in [0.1, 0.15) is 61.3 Å². The van der Waals surface area contributed by atoms with Crippen LogP contribution in [0.4, 0.5) is 5.95 Å². The summed E-state index contributed by atoms with van der Waals surface area (Å²) in [6.45, 7) is 14.2. The number of hydrogen-bond donors (Lipinski definition) is 3. The van der Waals surface area contributed by atoms with Crippen LogP contribution in [0.5, 0.6) is 0 Å². The number of hydrogen-bond acceptors (Lipinski definition) is 9. The second-order valence-electron chi connectivity index (χ2n) is 11.3. The van der Waals surface area contributed by atoms with E-state index in [1.165, 1.54) is 6.33 Å². The van der Waals surface area contributed by atoms with Gasteiger partial charge in [0.25, 0.3) is 5.56 Å². The SMILES string of the molecule is CC(C)[C@H](N)C(=O)OCC[C@@H](COC(=O)C(C)(C)CC(C)(C)C)Cn1cnc2c(=O)[nH]c(N)nc21. The van der Waals surface area contributed by atoms with Gasteiger partial charge < -0.3 is 25.5 Å². The topological polar surface area (TPSA) is 168 Å². The minimum absolute atomic E-state index is 0.0206. The molecule has 5 N–H and O–H groups in total. The Morgan fingerprint density at radius 2 is 1.83 bits per heavy atom. The molecule has 0 aliphatic carbocycles. The molecule has 0 radical (unpaired) electrons. The van der Waals surface area contributed by atoms with Crippen molar-refractivity contribution in [1.29, 1.82) is 0 Å². The normalized spacial score (nSPS) is 14.2. The Balaban J connectivity index is 2.16. The van der Waals surface area contributed by atoms with Crippen molar-refractivity contribution in [3.05, 3.63) is 16.7 Å². The zero-order valence-corrected chi connectivity index (χ0v) is 21.9. The Bertz CT molecular complexity index is 1080. The summed E-state index contributed by atoms with van der Waals surface area (Å²) in [5, 5.41) is 0. The second-order valence-corrected chi connectivity index (χ2v) is 11.3. The number of aromatic nitrogens is 4. The minimum atomic E-state index is -0.707. The number of anilines is 1. The Morgan fingerprint density at radius 3 is 2.43 bits per heavy atom. The van der Waals surface area contributed by atoms with Crippen LogP contribution < -0.4 is 17.0 Å². The maximum atomic E-state index is 12.9. The molecule has 0 spiro atoms. The van der Waals surface area contributed by atoms with Gasteiger partial charge in [0, 0.05) is 12.5 Å². The molecule has 0 saturated carbocycles. The molecule has 0 bridgehead atoms. The van der Waals surface area contributed by atoms with Crippen molar-refractivity contribution >= 4 is 29.1 Å². The Hall–Kier alpha value is -2.95. The molecule has 0 aliphatic rings. The van der Waals surface area contributed by atoms with Gasteiger partial charge in [-0.25, -0.2) is 4.98 Å². The molecule has 0 amide bonds. The molecular weight excluding hydrogens is 452 g/mol. The van der Waals surface area contributed by atoms with Gasteiger partial charge >= 0.3 is 11.9 Å². The maximum absolute atomic E-state index is 12.9. The second kappa shape index (κ2) is 11.2. The quantitative estimate of drug-likeness (QED) is 0.398. The van der Waals surface area contributed by atoms with Crippen molar-refractivity contribution in [2.75, 3.05) is 18.9 Å². The van der Waals surface area contributed by atoms with Crippen LogP contribution in [0.25, 0.3) is 11.2 Å². The summed E-state index contributed by atoms with van der Waals surface area (Å²) in [6, 6.07) is -0.707. The fourth-order valence-electron chi connectivity index (χ4n) is 4.09. The number of H-pyrrole nitrogens is 1. The first-order chi connectivity index (χ1) is 16.1. The predicted molar refractivity (Wildman–Crippen MR) is 133 cm³/mol. The van der Waals surface area contributed by atoms with E-state index < -0.39 is 23.0 Å². The van der Waals surface area contributed by atoms with E-state index in [1.54, 1.807) is 4.57 Å². The number of fused-ring (bicyclic) bond motifs is 1. The lowest BCUT2D eigenvalue weighted by atomic mass is 9.76. The molecule has 196 valence electrons. The summed E-state index contributed by atoms with van der Waals surface area (Å²) < 4.78 is 12.8. The number of aromatic amines is 1. The summed E-state index contributed by atoms with van der Waals surface area (Å²) in [4.78, 5) is 47.9. The molecule has 0 unspecified atom stereocenters. The van der Waals surface area contributed by atoms with Gasteiger partial charge in [-0.05, 0) is 38.0 Å². The number of imidazole rings is 1. The molecular formula is C24H40N6O5. The highest BCUT2D eigenvalue weighted by Crippen LogP contribution is 2.34. The van der Waals surface area contributed by atoms with E-state index in [4.69, 9.17) is 20.9 Å². The fourth-order valence-corrected chi connectivity index (χ4v) is 4.09. The van der Waals surface area contributed by atoms with Gasteiger partial charge in [0.2, 0.25) is 5.95 Å². The maximum Gasteiger partial charge on any atom is 0.323 e. The number of rotatable bonds is 11. The summed E-state index contributed by atoms with van der Waals surface area (Å²) in [6.07, 6.45) is 2.56. The van der Waals surface area contributed by atoms with Gasteiger partial charge in [-0.3, -0.25) is 19.4 Å². The highest BCUT2D eigenvalue weighted by Gasteiger charge is 2.34. The van der Waals surface area contributed by atoms with Gasteiger partial charge in [-0.2, -0.15) is 4.98 Å². The molecule has 0 aromatic carbocycles. The van der Waals surface area contributed by atoms with Crippen LogP contribution in [0.15, 0.2) is 11.1 Å². The van der Waals surface area contributed by atoms with Crippen LogP contribution in [-0.4, -0.2) is 50.7 Å². The van der Waals surface area contributed by atoms with Crippen LogP contribution in [0, 0.1) is 22.7 Å². The van der Waals surface area contributed by atoms with Crippen molar-refractivity contribution in [2.45, 2.75) is 73.9 Å². The molecule has 2 aromatic heterocycles. The third-order valence-electron chi connectivity index (χ3n) is 5.68. The van der Waals surface area contributed by atoms with Gasteiger partial charge in [-0.1, -0.05) is 34.6 Å². The summed E-state index contributed by atoms with van der Waals surface area (Å²) in [5.74, 6) is -1.09. The summed E-state index contributed by atoms with van der Waals surface area (Å²) >= 11 is 0. The number of nitrogens with two attached hydrogens (primary N) is 2. The van der Waals surface area contributed by atoms with E-state index in [0.29, 0.717) is 25.0 Å². The van der Waals surface area contributed by atoms with E-state index in [2.05, 4.69) is 35.7 Å². The molecule has 0 saturated heterocycles. The number of ether oxygens (including phenoxy) is 2. The van der Waals surface area contributed by atoms with Gasteiger partial charge in [0.1, 0.15) is 6.04 Å². The van der Waals surface area contributed by atoms with E-state index in [9.17, 15) is 14.4 Å². The summed E-state index contributed by atoms with van der Waals surface area (Å²) in [7, 11) is 0. The number of nitrogens with zero attached hydrogens (tertiary/aromatic N) is 3. The number of nitrogen functional groups attached to an aromatic ring is 1. The summed E-state index contributed by atoms with van der Waals surface area (Å²) in [5.41, 5.74) is 10.9. The zero-order valence-electron chi connectivity index (χ0n) is 21.9. The van der Waals surface area contributed by atoms with Crippen LogP contribution in [-0.2, 0) is 25.6 Å². The molecule has 11 nitrogen and oxygen atoms in total. The van der Waals surface area contributed by atoms with Crippen molar-refractivity contribution in [3.8, 4) is 0 Å².